The lowest BCUT2D eigenvalue weighted by Gasteiger charge is -2.07. The second kappa shape index (κ2) is 7.35. The maximum absolute atomic E-state index is 12.2. The van der Waals surface area contributed by atoms with Crippen molar-refractivity contribution < 1.29 is 18.0 Å². The van der Waals surface area contributed by atoms with E-state index in [2.05, 4.69) is 30.4 Å². The van der Waals surface area contributed by atoms with Gasteiger partial charge in [0, 0.05) is 19.4 Å². The Morgan fingerprint density at radius 1 is 1.15 bits per heavy atom. The molecule has 0 atom stereocenters. The summed E-state index contributed by atoms with van der Waals surface area (Å²) in [4.78, 5) is 27.6. The zero-order valence-electron chi connectivity index (χ0n) is 13.9. The Bertz CT molecular complexity index is 939. The molecule has 0 spiro atoms. The molecule has 1 amide bonds. The summed E-state index contributed by atoms with van der Waals surface area (Å²) in [5, 5.41) is 9.03. The normalized spacial score (nSPS) is 11.3. The van der Waals surface area contributed by atoms with Crippen molar-refractivity contribution in [1.29, 1.82) is 0 Å². The standard InChI is InChI=1S/C15H13F3N8O/c1-26-8-9(5-22-26)23-14-19-3-2-10(24-14)11-6-21-12(7-20-11)25-13(27)4-15(16,17)18/h2-3,5-8H,4H2,1H3,(H,19,23,24)(H,21,25,27). The van der Waals surface area contributed by atoms with Gasteiger partial charge in [0.25, 0.3) is 0 Å². The van der Waals surface area contributed by atoms with Crippen LogP contribution in [0.3, 0.4) is 0 Å². The molecule has 2 N–H and O–H groups in total. The smallest absolute Gasteiger partial charge is 0.321 e. The minimum atomic E-state index is -4.59. The van der Waals surface area contributed by atoms with Crippen LogP contribution in [0.15, 0.2) is 37.1 Å². The fraction of sp³-hybridized carbons (Fsp3) is 0.200. The molecular weight excluding hydrogens is 365 g/mol. The highest BCUT2D eigenvalue weighted by Gasteiger charge is 2.31. The summed E-state index contributed by atoms with van der Waals surface area (Å²) >= 11 is 0. The van der Waals surface area contributed by atoms with Gasteiger partial charge in [-0.1, -0.05) is 0 Å². The largest absolute Gasteiger partial charge is 0.397 e. The van der Waals surface area contributed by atoms with Crippen molar-refractivity contribution in [2.45, 2.75) is 12.6 Å². The molecule has 0 bridgehead atoms. The fourth-order valence-corrected chi connectivity index (χ4v) is 2.07. The number of anilines is 3. The van der Waals surface area contributed by atoms with Gasteiger partial charge in [0.15, 0.2) is 5.82 Å². The van der Waals surface area contributed by atoms with E-state index in [9.17, 15) is 18.0 Å². The number of aromatic nitrogens is 6. The first kappa shape index (κ1) is 18.2. The predicted molar refractivity (Wildman–Crippen MR) is 88.9 cm³/mol. The van der Waals surface area contributed by atoms with Crippen LogP contribution in [-0.4, -0.2) is 41.8 Å². The van der Waals surface area contributed by atoms with Gasteiger partial charge in [0.1, 0.15) is 12.1 Å². The summed E-state index contributed by atoms with van der Waals surface area (Å²) in [6, 6.07) is 1.60. The van der Waals surface area contributed by atoms with Crippen molar-refractivity contribution in [1.82, 2.24) is 29.7 Å². The van der Waals surface area contributed by atoms with Gasteiger partial charge >= 0.3 is 6.18 Å². The van der Waals surface area contributed by atoms with Crippen LogP contribution in [0, 0.1) is 0 Å². The van der Waals surface area contributed by atoms with Crippen LogP contribution >= 0.6 is 0 Å². The zero-order valence-corrected chi connectivity index (χ0v) is 13.9. The highest BCUT2D eigenvalue weighted by molar-refractivity contribution is 5.90. The minimum absolute atomic E-state index is 0.0873. The van der Waals surface area contributed by atoms with E-state index >= 15 is 0 Å². The van der Waals surface area contributed by atoms with E-state index in [1.165, 1.54) is 12.4 Å². The third kappa shape index (κ3) is 5.20. The summed E-state index contributed by atoms with van der Waals surface area (Å²) < 4.78 is 38.1. The summed E-state index contributed by atoms with van der Waals surface area (Å²) in [5.41, 5.74) is 1.50. The molecule has 0 fully saturated rings. The molecule has 3 aromatic heterocycles. The van der Waals surface area contributed by atoms with Gasteiger partial charge in [-0.2, -0.15) is 18.3 Å². The Labute approximate surface area is 150 Å². The average Bonchev–Trinajstić information content (AvgIpc) is 2.99. The van der Waals surface area contributed by atoms with Crippen LogP contribution in [0.25, 0.3) is 11.4 Å². The van der Waals surface area contributed by atoms with E-state index in [1.54, 1.807) is 30.2 Å². The van der Waals surface area contributed by atoms with Crippen molar-refractivity contribution >= 4 is 23.4 Å². The number of hydrogen-bond acceptors (Lipinski definition) is 7. The number of amides is 1. The average molecular weight is 378 g/mol. The third-order valence-corrected chi connectivity index (χ3v) is 3.16. The topological polar surface area (TPSA) is 111 Å². The number of hydrogen-bond donors (Lipinski definition) is 2. The summed E-state index contributed by atoms with van der Waals surface area (Å²) in [5.74, 6) is -0.991. The first-order valence-electron chi connectivity index (χ1n) is 7.56. The number of alkyl halides is 3. The van der Waals surface area contributed by atoms with Crippen LogP contribution in [-0.2, 0) is 11.8 Å². The number of aryl methyl sites for hydroxylation is 1. The molecular formula is C15H13F3N8O. The molecule has 0 saturated carbocycles. The van der Waals surface area contributed by atoms with E-state index in [-0.39, 0.29) is 5.82 Å². The summed E-state index contributed by atoms with van der Waals surface area (Å²) in [6.07, 6.45) is 1.13. The molecule has 0 unspecified atom stereocenters. The van der Waals surface area contributed by atoms with Gasteiger partial charge in [-0.15, -0.1) is 0 Å². The van der Waals surface area contributed by atoms with E-state index in [0.717, 1.165) is 6.20 Å². The van der Waals surface area contributed by atoms with Gasteiger partial charge in [-0.05, 0) is 6.07 Å². The lowest BCUT2D eigenvalue weighted by Crippen LogP contribution is -2.21. The number of rotatable bonds is 5. The van der Waals surface area contributed by atoms with Gasteiger partial charge in [0.05, 0.1) is 30.0 Å². The number of halogens is 3. The SMILES string of the molecule is Cn1cc(Nc2nccc(-c3cnc(NC(=O)CC(F)(F)F)cn3)n2)cn1. The molecule has 0 aliphatic rings. The monoisotopic (exact) mass is 378 g/mol. The van der Waals surface area contributed by atoms with Gasteiger partial charge < -0.3 is 10.6 Å². The molecule has 140 valence electrons. The molecule has 3 heterocycles. The highest BCUT2D eigenvalue weighted by atomic mass is 19.4. The second-order valence-corrected chi connectivity index (χ2v) is 5.42. The van der Waals surface area contributed by atoms with E-state index in [0.29, 0.717) is 23.0 Å². The Morgan fingerprint density at radius 3 is 2.59 bits per heavy atom. The van der Waals surface area contributed by atoms with Crippen molar-refractivity contribution in [3.63, 3.8) is 0 Å². The molecule has 0 saturated heterocycles. The molecule has 12 heteroatoms. The first-order chi connectivity index (χ1) is 12.8. The van der Waals surface area contributed by atoms with Gasteiger partial charge in [0.2, 0.25) is 11.9 Å². The molecule has 3 aromatic rings. The van der Waals surface area contributed by atoms with Crippen LogP contribution in [0.1, 0.15) is 6.42 Å². The Morgan fingerprint density at radius 2 is 1.96 bits per heavy atom. The second-order valence-electron chi connectivity index (χ2n) is 5.42. The summed E-state index contributed by atoms with van der Waals surface area (Å²) in [6.45, 7) is 0. The van der Waals surface area contributed by atoms with Gasteiger partial charge in [-0.25, -0.2) is 19.9 Å². The van der Waals surface area contributed by atoms with Crippen LogP contribution in [0.4, 0.5) is 30.6 Å². The first-order valence-corrected chi connectivity index (χ1v) is 7.56. The van der Waals surface area contributed by atoms with Crippen molar-refractivity contribution in [2.24, 2.45) is 7.05 Å². The lowest BCUT2D eigenvalue weighted by atomic mass is 10.3. The van der Waals surface area contributed by atoms with Gasteiger partial charge in [-0.3, -0.25) is 9.48 Å². The maximum Gasteiger partial charge on any atom is 0.397 e. The van der Waals surface area contributed by atoms with Crippen molar-refractivity contribution in [3.8, 4) is 11.4 Å². The van der Waals surface area contributed by atoms with E-state index < -0.39 is 18.5 Å². The molecule has 0 aliphatic heterocycles. The quantitative estimate of drug-likeness (QED) is 0.701. The van der Waals surface area contributed by atoms with Crippen molar-refractivity contribution in [3.05, 3.63) is 37.1 Å². The predicted octanol–water partition coefficient (Wildman–Crippen LogP) is 2.30. The number of carbonyl (C=O) groups excluding carboxylic acids is 1. The van der Waals surface area contributed by atoms with Crippen LogP contribution < -0.4 is 10.6 Å². The Kier molecular flexibility index (Phi) is 4.96. The van der Waals surface area contributed by atoms with Crippen LogP contribution in [0.5, 0.6) is 0 Å². The molecule has 27 heavy (non-hydrogen) atoms. The van der Waals surface area contributed by atoms with Crippen LogP contribution in [0.2, 0.25) is 0 Å². The molecule has 0 radical (unpaired) electrons. The maximum atomic E-state index is 12.2. The molecule has 9 nitrogen and oxygen atoms in total. The third-order valence-electron chi connectivity index (χ3n) is 3.16. The lowest BCUT2D eigenvalue weighted by molar-refractivity contribution is -0.150. The highest BCUT2D eigenvalue weighted by Crippen LogP contribution is 2.21. The number of nitrogens with one attached hydrogen (secondary N) is 2. The molecule has 0 aliphatic carbocycles. The Balaban J connectivity index is 1.69. The van der Waals surface area contributed by atoms with E-state index in [4.69, 9.17) is 0 Å². The fourth-order valence-electron chi connectivity index (χ4n) is 2.07. The zero-order chi connectivity index (χ0) is 19.4. The minimum Gasteiger partial charge on any atom is -0.321 e. The van der Waals surface area contributed by atoms with Crippen molar-refractivity contribution in [2.75, 3.05) is 10.6 Å². The summed E-state index contributed by atoms with van der Waals surface area (Å²) in [7, 11) is 1.77. The molecule has 0 aromatic carbocycles. The Hall–Kier alpha value is -3.57. The van der Waals surface area contributed by atoms with E-state index in [1.807, 2.05) is 5.32 Å². The number of carbonyl (C=O) groups is 1. The number of nitrogens with zero attached hydrogens (tertiary/aromatic N) is 6. The molecule has 3 rings (SSSR count).